The van der Waals surface area contributed by atoms with Crippen molar-refractivity contribution in [2.45, 2.75) is 24.6 Å². The summed E-state index contributed by atoms with van der Waals surface area (Å²) in [5, 5.41) is 14.6. The number of morpholine rings is 1. The molecule has 0 aromatic carbocycles. The van der Waals surface area contributed by atoms with E-state index in [2.05, 4.69) is 25.3 Å². The second-order valence-electron chi connectivity index (χ2n) is 8.79. The van der Waals surface area contributed by atoms with E-state index in [1.165, 1.54) is 17.3 Å². The number of halogens is 4. The number of aliphatic hydroxyl groups excluding tert-OH is 1. The van der Waals surface area contributed by atoms with Gasteiger partial charge in [0, 0.05) is 50.7 Å². The van der Waals surface area contributed by atoms with Gasteiger partial charge < -0.3 is 36.0 Å². The standard InChI is InChI=1S/C21H27F4N9O3/c22-14-15(13-9-27-17(26)28-10-13)30-18(33-4-7-37-8-5-33)31-16(14)32-20(2-6-35)1-3-34(12-20)19(36)29-11-21(23,24)25/h9-10,35H,1-8,11-12H2,(H,29,36)(H2,26,27,28)(H,30,31,32)/t20-/m1/s1. The number of urea groups is 1. The smallest absolute Gasteiger partial charge is 0.396 e. The number of ether oxygens (including phenoxy) is 1. The highest BCUT2D eigenvalue weighted by molar-refractivity contribution is 5.75. The van der Waals surface area contributed by atoms with Gasteiger partial charge in [0.2, 0.25) is 11.9 Å². The zero-order valence-corrected chi connectivity index (χ0v) is 19.8. The molecule has 0 radical (unpaired) electrons. The Balaban J connectivity index is 1.64. The Morgan fingerprint density at radius 1 is 1.19 bits per heavy atom. The fourth-order valence-electron chi connectivity index (χ4n) is 4.24. The summed E-state index contributed by atoms with van der Waals surface area (Å²) in [6.07, 6.45) is -1.58. The second kappa shape index (κ2) is 10.8. The summed E-state index contributed by atoms with van der Waals surface area (Å²) in [6.45, 7) is 0.0358. The Bertz CT molecular complexity index is 1100. The maximum absolute atomic E-state index is 15.8. The predicted octanol–water partition coefficient (Wildman–Crippen LogP) is 1.00. The van der Waals surface area contributed by atoms with Gasteiger partial charge in [0.15, 0.2) is 11.6 Å². The highest BCUT2D eigenvalue weighted by Gasteiger charge is 2.41. The van der Waals surface area contributed by atoms with Crippen molar-refractivity contribution in [3.05, 3.63) is 18.2 Å². The van der Waals surface area contributed by atoms with Crippen LogP contribution in [0.15, 0.2) is 12.4 Å². The van der Waals surface area contributed by atoms with Crippen molar-refractivity contribution in [1.82, 2.24) is 30.2 Å². The van der Waals surface area contributed by atoms with E-state index in [-0.39, 0.29) is 61.5 Å². The van der Waals surface area contributed by atoms with Crippen LogP contribution in [0.3, 0.4) is 0 Å². The van der Waals surface area contributed by atoms with Crippen LogP contribution in [-0.4, -0.2) is 100 Å². The molecule has 2 aliphatic heterocycles. The van der Waals surface area contributed by atoms with Crippen molar-refractivity contribution in [1.29, 1.82) is 0 Å². The molecule has 2 aromatic heterocycles. The number of aliphatic hydroxyl groups is 1. The molecule has 0 unspecified atom stereocenters. The average Bonchev–Trinajstić information content (AvgIpc) is 3.28. The maximum Gasteiger partial charge on any atom is 0.405 e. The van der Waals surface area contributed by atoms with E-state index >= 15 is 4.39 Å². The average molecular weight is 529 g/mol. The number of rotatable bonds is 7. The van der Waals surface area contributed by atoms with Gasteiger partial charge in [0.05, 0.1) is 18.8 Å². The molecule has 2 aliphatic rings. The summed E-state index contributed by atoms with van der Waals surface area (Å²) >= 11 is 0. The first kappa shape index (κ1) is 26.5. The molecule has 202 valence electrons. The van der Waals surface area contributed by atoms with E-state index in [0.29, 0.717) is 26.3 Å². The number of carbonyl (C=O) groups is 1. The molecule has 2 saturated heterocycles. The number of hydrogen-bond acceptors (Lipinski definition) is 10. The van der Waals surface area contributed by atoms with Crippen molar-refractivity contribution in [3.8, 4) is 11.3 Å². The predicted molar refractivity (Wildman–Crippen MR) is 124 cm³/mol. The summed E-state index contributed by atoms with van der Waals surface area (Å²) in [5.41, 5.74) is 4.68. The molecule has 4 heterocycles. The lowest BCUT2D eigenvalue weighted by Crippen LogP contribution is -2.47. The first-order chi connectivity index (χ1) is 17.6. The van der Waals surface area contributed by atoms with Crippen molar-refractivity contribution in [2.24, 2.45) is 0 Å². The van der Waals surface area contributed by atoms with E-state index < -0.39 is 30.1 Å². The summed E-state index contributed by atoms with van der Waals surface area (Å²) in [6, 6.07) is -0.907. The maximum atomic E-state index is 15.8. The quantitative estimate of drug-likeness (QED) is 0.382. The third-order valence-electron chi connectivity index (χ3n) is 6.13. The minimum Gasteiger partial charge on any atom is -0.396 e. The van der Waals surface area contributed by atoms with Crippen molar-refractivity contribution >= 4 is 23.7 Å². The Morgan fingerprint density at radius 2 is 1.89 bits per heavy atom. The number of aromatic nitrogens is 4. The summed E-state index contributed by atoms with van der Waals surface area (Å²) in [7, 11) is 0. The molecule has 37 heavy (non-hydrogen) atoms. The number of nitrogens with zero attached hydrogens (tertiary/aromatic N) is 6. The Morgan fingerprint density at radius 3 is 2.54 bits per heavy atom. The number of likely N-dealkylation sites (tertiary alicyclic amines) is 1. The van der Waals surface area contributed by atoms with Crippen LogP contribution in [0.5, 0.6) is 0 Å². The van der Waals surface area contributed by atoms with E-state index in [9.17, 15) is 23.1 Å². The number of nitrogens with two attached hydrogens (primary N) is 1. The Hall–Kier alpha value is -3.53. The lowest BCUT2D eigenvalue weighted by molar-refractivity contribution is -0.123. The molecule has 12 nitrogen and oxygen atoms in total. The fourth-order valence-corrected chi connectivity index (χ4v) is 4.24. The Kier molecular flexibility index (Phi) is 7.77. The molecule has 2 aromatic rings. The first-order valence-corrected chi connectivity index (χ1v) is 11.6. The zero-order chi connectivity index (χ0) is 26.6. The summed E-state index contributed by atoms with van der Waals surface area (Å²) in [4.78, 5) is 31.9. The van der Waals surface area contributed by atoms with Crippen LogP contribution in [0.2, 0.25) is 0 Å². The molecule has 2 amide bonds. The van der Waals surface area contributed by atoms with Gasteiger partial charge in [-0.05, 0) is 12.8 Å². The van der Waals surface area contributed by atoms with Gasteiger partial charge in [-0.15, -0.1) is 0 Å². The normalized spacial score (nSPS) is 20.2. The molecule has 1 atom stereocenters. The molecule has 16 heteroatoms. The lowest BCUT2D eigenvalue weighted by atomic mass is 9.94. The van der Waals surface area contributed by atoms with Crippen molar-refractivity contribution in [3.63, 3.8) is 0 Å². The van der Waals surface area contributed by atoms with Gasteiger partial charge in [-0.3, -0.25) is 0 Å². The number of nitrogen functional groups attached to an aromatic ring is 1. The minimum absolute atomic E-state index is 0.00158. The summed E-state index contributed by atoms with van der Waals surface area (Å²) in [5.74, 6) is -0.783. The van der Waals surface area contributed by atoms with Crippen LogP contribution in [0.4, 0.5) is 40.1 Å². The third-order valence-corrected chi connectivity index (χ3v) is 6.13. The van der Waals surface area contributed by atoms with Gasteiger partial charge in [-0.1, -0.05) is 0 Å². The van der Waals surface area contributed by atoms with Crippen LogP contribution in [0, 0.1) is 5.82 Å². The molecular formula is C21H27F4N9O3. The molecule has 4 rings (SSSR count). The fraction of sp³-hybridized carbons (Fsp3) is 0.571. The van der Waals surface area contributed by atoms with Crippen molar-refractivity contribution in [2.75, 3.05) is 68.5 Å². The van der Waals surface area contributed by atoms with Crippen molar-refractivity contribution < 1.29 is 32.2 Å². The molecular weight excluding hydrogens is 502 g/mol. The van der Waals surface area contributed by atoms with Crippen LogP contribution in [-0.2, 0) is 4.74 Å². The second-order valence-corrected chi connectivity index (χ2v) is 8.79. The molecule has 0 spiro atoms. The van der Waals surface area contributed by atoms with Crippen LogP contribution >= 0.6 is 0 Å². The van der Waals surface area contributed by atoms with Gasteiger partial charge in [0.1, 0.15) is 12.2 Å². The monoisotopic (exact) mass is 529 g/mol. The molecule has 2 fully saturated rings. The van der Waals surface area contributed by atoms with E-state index in [1.54, 1.807) is 0 Å². The van der Waals surface area contributed by atoms with Gasteiger partial charge >= 0.3 is 12.2 Å². The van der Waals surface area contributed by atoms with Crippen LogP contribution in [0.25, 0.3) is 11.3 Å². The lowest BCUT2D eigenvalue weighted by Gasteiger charge is -2.32. The van der Waals surface area contributed by atoms with Crippen LogP contribution < -0.4 is 21.3 Å². The van der Waals surface area contributed by atoms with Gasteiger partial charge in [0.25, 0.3) is 0 Å². The largest absolute Gasteiger partial charge is 0.405 e. The number of nitrogens with one attached hydrogen (secondary N) is 2. The topological polar surface area (TPSA) is 155 Å². The number of amides is 2. The van der Waals surface area contributed by atoms with E-state index in [4.69, 9.17) is 10.5 Å². The summed E-state index contributed by atoms with van der Waals surface area (Å²) < 4.78 is 58.8. The molecule has 5 N–H and O–H groups in total. The zero-order valence-electron chi connectivity index (χ0n) is 19.8. The van der Waals surface area contributed by atoms with Gasteiger partial charge in [-0.25, -0.2) is 24.1 Å². The van der Waals surface area contributed by atoms with E-state index in [1.807, 2.05) is 10.2 Å². The molecule has 0 saturated carbocycles. The Labute approximate surface area is 209 Å². The molecule has 0 bridgehead atoms. The van der Waals surface area contributed by atoms with E-state index in [0.717, 1.165) is 0 Å². The molecule has 0 aliphatic carbocycles. The number of hydrogen-bond donors (Lipinski definition) is 4. The third kappa shape index (κ3) is 6.43. The highest BCUT2D eigenvalue weighted by Crippen LogP contribution is 2.33. The highest BCUT2D eigenvalue weighted by atomic mass is 19.4. The first-order valence-electron chi connectivity index (χ1n) is 11.6. The number of alkyl halides is 3. The van der Waals surface area contributed by atoms with Gasteiger partial charge in [-0.2, -0.15) is 18.2 Å². The number of carbonyl (C=O) groups excluding carboxylic acids is 1. The minimum atomic E-state index is -4.56. The number of anilines is 3. The van der Waals surface area contributed by atoms with Crippen LogP contribution in [0.1, 0.15) is 12.8 Å². The SMILES string of the molecule is Nc1ncc(-c2nc(N3CCOCC3)nc(N[C@@]3(CCO)CCN(C(=O)NCC(F)(F)F)C3)c2F)cn1.